The molecule has 0 aliphatic heterocycles. The zero-order valence-electron chi connectivity index (χ0n) is 14.8. The molecule has 0 heterocycles. The summed E-state index contributed by atoms with van der Waals surface area (Å²) in [6.07, 6.45) is 1.44. The first-order valence-corrected chi connectivity index (χ1v) is 8.18. The Morgan fingerprint density at radius 2 is 1.83 bits per heavy atom. The van der Waals surface area contributed by atoms with Crippen LogP contribution < -0.4 is 10.1 Å². The van der Waals surface area contributed by atoms with Gasteiger partial charge in [0.25, 0.3) is 0 Å². The number of methoxy groups -OCH3 is 1. The van der Waals surface area contributed by atoms with Crippen molar-refractivity contribution in [2.24, 2.45) is 0 Å². The molecule has 24 heavy (non-hydrogen) atoms. The van der Waals surface area contributed by atoms with Gasteiger partial charge in [0.15, 0.2) is 0 Å². The third kappa shape index (κ3) is 5.76. The second-order valence-electron chi connectivity index (χ2n) is 6.96. The van der Waals surface area contributed by atoms with E-state index in [0.717, 1.165) is 24.2 Å². The third-order valence-corrected chi connectivity index (χ3v) is 3.60. The lowest BCUT2D eigenvalue weighted by atomic mass is 10.2. The summed E-state index contributed by atoms with van der Waals surface area (Å²) in [6, 6.07) is 7.92. The van der Waals surface area contributed by atoms with Gasteiger partial charge < -0.3 is 19.7 Å². The van der Waals surface area contributed by atoms with Gasteiger partial charge in [-0.05, 0) is 51.3 Å². The molecule has 1 N–H and O–H groups in total. The molecule has 2 rings (SSSR count). The molecule has 0 aromatic heterocycles. The molecule has 0 saturated heterocycles. The molecular weight excluding hydrogens is 308 g/mol. The first kappa shape index (κ1) is 18.1. The van der Waals surface area contributed by atoms with Crippen LogP contribution in [0.1, 0.15) is 39.2 Å². The fourth-order valence-corrected chi connectivity index (χ4v) is 2.30. The molecule has 0 bridgehead atoms. The number of nitrogens with one attached hydrogen (secondary N) is 1. The smallest absolute Gasteiger partial charge is 0.408 e. The fourth-order valence-electron chi connectivity index (χ4n) is 2.30. The standard InChI is InChI=1S/C18H26N2O4/c1-18(2,3)24-17(22)19-11-16(21)20(14-7-8-14)12-13-5-9-15(23-4)10-6-13/h5-6,9-10,14H,7-8,11-12H2,1-4H3,(H,19,22). The van der Waals surface area contributed by atoms with Crippen LogP contribution in [-0.2, 0) is 16.1 Å². The lowest BCUT2D eigenvalue weighted by Crippen LogP contribution is -2.42. The van der Waals surface area contributed by atoms with Crippen LogP contribution in [0.4, 0.5) is 4.79 Å². The lowest BCUT2D eigenvalue weighted by Gasteiger charge is -2.24. The third-order valence-electron chi connectivity index (χ3n) is 3.60. The van der Waals surface area contributed by atoms with E-state index in [1.807, 2.05) is 29.2 Å². The maximum absolute atomic E-state index is 12.5. The van der Waals surface area contributed by atoms with Crippen LogP contribution in [0.5, 0.6) is 5.75 Å². The van der Waals surface area contributed by atoms with E-state index < -0.39 is 11.7 Å². The summed E-state index contributed by atoms with van der Waals surface area (Å²) in [7, 11) is 1.62. The van der Waals surface area contributed by atoms with E-state index in [-0.39, 0.29) is 18.5 Å². The molecule has 1 fully saturated rings. The molecule has 1 aromatic rings. The molecule has 6 heteroatoms. The summed E-state index contributed by atoms with van der Waals surface area (Å²) >= 11 is 0. The highest BCUT2D eigenvalue weighted by atomic mass is 16.6. The first-order chi connectivity index (χ1) is 11.3. The van der Waals surface area contributed by atoms with Gasteiger partial charge in [0.05, 0.1) is 7.11 Å². The number of alkyl carbamates (subject to hydrolysis) is 1. The summed E-state index contributed by atoms with van der Waals surface area (Å²) in [5, 5.41) is 2.53. The highest BCUT2D eigenvalue weighted by Crippen LogP contribution is 2.28. The van der Waals surface area contributed by atoms with Gasteiger partial charge in [-0.15, -0.1) is 0 Å². The predicted molar refractivity (Wildman–Crippen MR) is 90.8 cm³/mol. The van der Waals surface area contributed by atoms with Crippen LogP contribution in [-0.4, -0.2) is 42.2 Å². The maximum atomic E-state index is 12.5. The predicted octanol–water partition coefficient (Wildman–Crippen LogP) is 2.71. The van der Waals surface area contributed by atoms with Gasteiger partial charge in [-0.25, -0.2) is 4.79 Å². The van der Waals surface area contributed by atoms with E-state index in [2.05, 4.69) is 5.32 Å². The number of rotatable bonds is 6. The molecule has 0 atom stereocenters. The van der Waals surface area contributed by atoms with Gasteiger partial charge in [-0.2, -0.15) is 0 Å². The number of hydrogen-bond acceptors (Lipinski definition) is 4. The minimum Gasteiger partial charge on any atom is -0.497 e. The molecular formula is C18H26N2O4. The van der Waals surface area contributed by atoms with Crippen molar-refractivity contribution in [1.82, 2.24) is 10.2 Å². The Balaban J connectivity index is 1.89. The van der Waals surface area contributed by atoms with E-state index in [9.17, 15) is 9.59 Å². The van der Waals surface area contributed by atoms with Crippen LogP contribution in [0.25, 0.3) is 0 Å². The van der Waals surface area contributed by atoms with E-state index in [4.69, 9.17) is 9.47 Å². The highest BCUT2D eigenvalue weighted by Gasteiger charge is 2.32. The average Bonchev–Trinajstić information content (AvgIpc) is 3.34. The Labute approximate surface area is 143 Å². The summed E-state index contributed by atoms with van der Waals surface area (Å²) in [5.74, 6) is 0.689. The van der Waals surface area contributed by atoms with Gasteiger partial charge in [-0.3, -0.25) is 4.79 Å². The normalized spacial score (nSPS) is 14.0. The highest BCUT2D eigenvalue weighted by molar-refractivity contribution is 5.82. The molecule has 2 amide bonds. The van der Waals surface area contributed by atoms with Crippen molar-refractivity contribution < 1.29 is 19.1 Å². The largest absolute Gasteiger partial charge is 0.497 e. The van der Waals surface area contributed by atoms with Crippen molar-refractivity contribution in [2.45, 2.75) is 51.8 Å². The Kier molecular flexibility index (Phi) is 5.70. The topological polar surface area (TPSA) is 67.9 Å². The Bertz CT molecular complexity index is 574. The molecule has 132 valence electrons. The van der Waals surface area contributed by atoms with Crippen LogP contribution in [0.2, 0.25) is 0 Å². The zero-order chi connectivity index (χ0) is 17.7. The minimum absolute atomic E-state index is 0.0540. The summed E-state index contributed by atoms with van der Waals surface area (Å²) < 4.78 is 10.3. The fraction of sp³-hybridized carbons (Fsp3) is 0.556. The van der Waals surface area contributed by atoms with Gasteiger partial charge in [0.1, 0.15) is 17.9 Å². The number of amides is 2. The number of benzene rings is 1. The SMILES string of the molecule is COc1ccc(CN(C(=O)CNC(=O)OC(C)(C)C)C2CC2)cc1. The molecule has 1 aromatic carbocycles. The van der Waals surface area contributed by atoms with Gasteiger partial charge >= 0.3 is 6.09 Å². The van der Waals surface area contributed by atoms with Crippen molar-refractivity contribution in [2.75, 3.05) is 13.7 Å². The van der Waals surface area contributed by atoms with Crippen LogP contribution in [0.15, 0.2) is 24.3 Å². The molecule has 0 spiro atoms. The Morgan fingerprint density at radius 1 is 1.21 bits per heavy atom. The summed E-state index contributed by atoms with van der Waals surface area (Å²) in [6.45, 7) is 5.84. The summed E-state index contributed by atoms with van der Waals surface area (Å²) in [4.78, 5) is 26.0. The Morgan fingerprint density at radius 3 is 2.33 bits per heavy atom. The number of hydrogen-bond donors (Lipinski definition) is 1. The van der Waals surface area contributed by atoms with Crippen molar-refractivity contribution >= 4 is 12.0 Å². The van der Waals surface area contributed by atoms with Crippen molar-refractivity contribution in [3.05, 3.63) is 29.8 Å². The van der Waals surface area contributed by atoms with E-state index in [1.54, 1.807) is 27.9 Å². The number of nitrogens with zero attached hydrogens (tertiary/aromatic N) is 1. The van der Waals surface area contributed by atoms with E-state index in [0.29, 0.717) is 6.54 Å². The van der Waals surface area contributed by atoms with Gasteiger partial charge in [-0.1, -0.05) is 12.1 Å². The van der Waals surface area contributed by atoms with Crippen LogP contribution in [0.3, 0.4) is 0 Å². The molecule has 1 aliphatic carbocycles. The lowest BCUT2D eigenvalue weighted by molar-refractivity contribution is -0.131. The van der Waals surface area contributed by atoms with Gasteiger partial charge in [0, 0.05) is 12.6 Å². The monoisotopic (exact) mass is 334 g/mol. The molecule has 1 aliphatic rings. The molecule has 1 saturated carbocycles. The second-order valence-corrected chi connectivity index (χ2v) is 6.96. The number of carbonyl (C=O) groups excluding carboxylic acids is 2. The van der Waals surface area contributed by atoms with Gasteiger partial charge in [0.2, 0.25) is 5.91 Å². The van der Waals surface area contributed by atoms with Crippen LogP contribution in [0, 0.1) is 0 Å². The minimum atomic E-state index is -0.577. The zero-order valence-corrected chi connectivity index (χ0v) is 14.8. The Hall–Kier alpha value is -2.24. The average molecular weight is 334 g/mol. The van der Waals surface area contributed by atoms with E-state index in [1.165, 1.54) is 0 Å². The van der Waals surface area contributed by atoms with E-state index >= 15 is 0 Å². The maximum Gasteiger partial charge on any atom is 0.408 e. The molecule has 0 unspecified atom stereocenters. The quantitative estimate of drug-likeness (QED) is 0.868. The van der Waals surface area contributed by atoms with Crippen molar-refractivity contribution in [1.29, 1.82) is 0 Å². The first-order valence-electron chi connectivity index (χ1n) is 8.18. The molecule has 6 nitrogen and oxygen atoms in total. The van der Waals surface area contributed by atoms with Crippen molar-refractivity contribution in [3.63, 3.8) is 0 Å². The molecule has 0 radical (unpaired) electrons. The number of carbonyl (C=O) groups is 2. The second kappa shape index (κ2) is 7.55. The number of ether oxygens (including phenoxy) is 2. The van der Waals surface area contributed by atoms with Crippen molar-refractivity contribution in [3.8, 4) is 5.75 Å². The summed E-state index contributed by atoms with van der Waals surface area (Å²) in [5.41, 5.74) is 0.459. The van der Waals surface area contributed by atoms with Crippen LogP contribution >= 0.6 is 0 Å².